The van der Waals surface area contributed by atoms with Gasteiger partial charge in [-0.1, -0.05) is 6.07 Å². The van der Waals surface area contributed by atoms with Crippen LogP contribution in [0.4, 0.5) is 0 Å². The highest BCUT2D eigenvalue weighted by Gasteiger charge is 2.28. The first-order chi connectivity index (χ1) is 10.2. The molecule has 21 heavy (non-hydrogen) atoms. The predicted molar refractivity (Wildman–Crippen MR) is 79.4 cm³/mol. The molecule has 1 unspecified atom stereocenters. The molecule has 0 amide bonds. The first-order valence-electron chi connectivity index (χ1n) is 7.11. The maximum atomic E-state index is 6.28. The third-order valence-electron chi connectivity index (χ3n) is 3.93. The Kier molecular flexibility index (Phi) is 2.79. The van der Waals surface area contributed by atoms with Gasteiger partial charge in [0.2, 0.25) is 0 Å². The molecule has 0 aliphatic carbocycles. The Balaban J connectivity index is 1.72. The minimum absolute atomic E-state index is 0.0169. The number of rotatable bonds is 2. The van der Waals surface area contributed by atoms with E-state index in [0.717, 1.165) is 46.9 Å². The van der Waals surface area contributed by atoms with Gasteiger partial charge in [-0.05, 0) is 38.2 Å². The highest BCUT2D eigenvalue weighted by molar-refractivity contribution is 5.83. The largest absolute Gasteiger partial charge is 0.483 e. The minimum atomic E-state index is -0.0169. The Morgan fingerprint density at radius 2 is 2.19 bits per heavy atom. The van der Waals surface area contributed by atoms with E-state index in [9.17, 15) is 0 Å². The first-order valence-corrected chi connectivity index (χ1v) is 7.11. The SMILES string of the molecule is Cc1cc2c(o1)CN(C)CC2Oc1cccc2occc12. The lowest BCUT2D eigenvalue weighted by Gasteiger charge is -2.29. The summed E-state index contributed by atoms with van der Waals surface area (Å²) in [5.41, 5.74) is 2.01. The van der Waals surface area contributed by atoms with Crippen LogP contribution in [0.2, 0.25) is 0 Å². The van der Waals surface area contributed by atoms with Crippen LogP contribution in [0.3, 0.4) is 0 Å². The number of furan rings is 2. The quantitative estimate of drug-likeness (QED) is 0.715. The third-order valence-corrected chi connectivity index (χ3v) is 3.93. The second kappa shape index (κ2) is 4.67. The van der Waals surface area contributed by atoms with Crippen molar-refractivity contribution in [1.29, 1.82) is 0 Å². The highest BCUT2D eigenvalue weighted by Crippen LogP contribution is 2.35. The van der Waals surface area contributed by atoms with Gasteiger partial charge < -0.3 is 13.6 Å². The summed E-state index contributed by atoms with van der Waals surface area (Å²) in [6.07, 6.45) is 1.68. The normalized spacial score (nSPS) is 18.9. The van der Waals surface area contributed by atoms with Crippen molar-refractivity contribution >= 4 is 11.0 Å². The lowest BCUT2D eigenvalue weighted by Crippen LogP contribution is -2.32. The summed E-state index contributed by atoms with van der Waals surface area (Å²) in [5.74, 6) is 2.79. The Labute approximate surface area is 122 Å². The van der Waals surface area contributed by atoms with Gasteiger partial charge in [-0.3, -0.25) is 4.90 Å². The van der Waals surface area contributed by atoms with Gasteiger partial charge >= 0.3 is 0 Å². The molecule has 108 valence electrons. The lowest BCUT2D eigenvalue weighted by atomic mass is 10.0. The molecule has 0 fully saturated rings. The van der Waals surface area contributed by atoms with Crippen LogP contribution < -0.4 is 4.74 Å². The van der Waals surface area contributed by atoms with Gasteiger partial charge in [0.1, 0.15) is 29.0 Å². The smallest absolute Gasteiger partial charge is 0.140 e. The molecule has 3 heterocycles. The molecule has 0 N–H and O–H groups in total. The fourth-order valence-corrected chi connectivity index (χ4v) is 2.99. The molecular formula is C17H17NO3. The number of aryl methyl sites for hydroxylation is 1. The van der Waals surface area contributed by atoms with E-state index in [1.165, 1.54) is 0 Å². The summed E-state index contributed by atoms with van der Waals surface area (Å²) in [5, 5.41) is 1.01. The van der Waals surface area contributed by atoms with Crippen molar-refractivity contribution in [3.63, 3.8) is 0 Å². The summed E-state index contributed by atoms with van der Waals surface area (Å²) in [6, 6.07) is 9.91. The van der Waals surface area contributed by atoms with Crippen molar-refractivity contribution in [3.05, 3.63) is 53.7 Å². The van der Waals surface area contributed by atoms with E-state index in [1.807, 2.05) is 31.2 Å². The standard InChI is InChI=1S/C17H17NO3/c1-11-8-13-16(20-11)9-18(2)10-17(13)21-15-5-3-4-14-12(15)6-7-19-14/h3-8,17H,9-10H2,1-2H3. The fraction of sp³-hybridized carbons (Fsp3) is 0.294. The Morgan fingerprint density at radius 3 is 3.10 bits per heavy atom. The van der Waals surface area contributed by atoms with Gasteiger partial charge in [0.05, 0.1) is 18.2 Å². The number of hydrogen-bond donors (Lipinski definition) is 0. The van der Waals surface area contributed by atoms with Crippen LogP contribution in [-0.4, -0.2) is 18.5 Å². The van der Waals surface area contributed by atoms with Crippen LogP contribution in [0.15, 0.2) is 45.4 Å². The monoisotopic (exact) mass is 283 g/mol. The molecule has 4 rings (SSSR count). The summed E-state index contributed by atoms with van der Waals surface area (Å²) in [7, 11) is 2.08. The fourth-order valence-electron chi connectivity index (χ4n) is 2.99. The van der Waals surface area contributed by atoms with E-state index in [2.05, 4.69) is 18.0 Å². The van der Waals surface area contributed by atoms with Crippen molar-refractivity contribution < 1.29 is 13.6 Å². The van der Waals surface area contributed by atoms with Crippen LogP contribution in [0, 0.1) is 6.92 Å². The molecule has 1 aliphatic rings. The molecule has 4 heteroatoms. The van der Waals surface area contributed by atoms with E-state index in [1.54, 1.807) is 6.26 Å². The molecule has 3 aromatic rings. The average molecular weight is 283 g/mol. The van der Waals surface area contributed by atoms with E-state index in [0.29, 0.717) is 0 Å². The Hall–Kier alpha value is -2.20. The summed E-state index contributed by atoms with van der Waals surface area (Å²) in [4.78, 5) is 2.21. The number of nitrogens with zero attached hydrogens (tertiary/aromatic N) is 1. The molecule has 2 aromatic heterocycles. The minimum Gasteiger partial charge on any atom is -0.483 e. The molecule has 0 radical (unpaired) electrons. The molecule has 0 spiro atoms. The van der Waals surface area contributed by atoms with Gasteiger partial charge in [-0.2, -0.15) is 0 Å². The van der Waals surface area contributed by atoms with Gasteiger partial charge in [0.15, 0.2) is 0 Å². The lowest BCUT2D eigenvalue weighted by molar-refractivity contribution is 0.121. The van der Waals surface area contributed by atoms with Crippen LogP contribution in [0.5, 0.6) is 5.75 Å². The second-order valence-corrected chi connectivity index (χ2v) is 5.63. The Bertz CT molecular complexity index is 786. The highest BCUT2D eigenvalue weighted by atomic mass is 16.5. The number of likely N-dealkylation sites (N-methyl/N-ethyl adjacent to an activating group) is 1. The first kappa shape index (κ1) is 12.5. The van der Waals surface area contributed by atoms with E-state index in [-0.39, 0.29) is 6.10 Å². The summed E-state index contributed by atoms with van der Waals surface area (Å²) >= 11 is 0. The van der Waals surface area contributed by atoms with Crippen molar-refractivity contribution in [2.75, 3.05) is 13.6 Å². The summed E-state index contributed by atoms with van der Waals surface area (Å²) in [6.45, 7) is 3.66. The van der Waals surface area contributed by atoms with Gasteiger partial charge in [-0.15, -0.1) is 0 Å². The van der Waals surface area contributed by atoms with E-state index < -0.39 is 0 Å². The Morgan fingerprint density at radius 1 is 1.29 bits per heavy atom. The number of ether oxygens (including phenoxy) is 1. The van der Waals surface area contributed by atoms with Crippen molar-refractivity contribution in [3.8, 4) is 5.75 Å². The van der Waals surface area contributed by atoms with Gasteiger partial charge in [0.25, 0.3) is 0 Å². The maximum Gasteiger partial charge on any atom is 0.140 e. The molecule has 1 aromatic carbocycles. The van der Waals surface area contributed by atoms with E-state index >= 15 is 0 Å². The molecule has 1 aliphatic heterocycles. The zero-order valence-corrected chi connectivity index (χ0v) is 12.1. The van der Waals surface area contributed by atoms with Gasteiger partial charge in [-0.25, -0.2) is 0 Å². The predicted octanol–water partition coefficient (Wildman–Crippen LogP) is 3.90. The van der Waals surface area contributed by atoms with Crippen LogP contribution in [-0.2, 0) is 6.54 Å². The number of fused-ring (bicyclic) bond motifs is 2. The van der Waals surface area contributed by atoms with Crippen molar-refractivity contribution in [2.24, 2.45) is 0 Å². The van der Waals surface area contributed by atoms with Crippen molar-refractivity contribution in [2.45, 2.75) is 19.6 Å². The third kappa shape index (κ3) is 2.12. The van der Waals surface area contributed by atoms with Crippen LogP contribution in [0.25, 0.3) is 11.0 Å². The molecule has 0 saturated heterocycles. The molecule has 1 atom stereocenters. The molecule has 0 saturated carbocycles. The number of hydrogen-bond acceptors (Lipinski definition) is 4. The van der Waals surface area contributed by atoms with Crippen LogP contribution in [0.1, 0.15) is 23.2 Å². The van der Waals surface area contributed by atoms with Crippen LogP contribution >= 0.6 is 0 Å². The zero-order chi connectivity index (χ0) is 14.4. The summed E-state index contributed by atoms with van der Waals surface area (Å²) < 4.78 is 17.5. The molecule has 0 bridgehead atoms. The molecule has 4 nitrogen and oxygen atoms in total. The van der Waals surface area contributed by atoms with Crippen molar-refractivity contribution in [1.82, 2.24) is 4.90 Å². The topological polar surface area (TPSA) is 38.8 Å². The second-order valence-electron chi connectivity index (χ2n) is 5.63. The number of benzene rings is 1. The molecular weight excluding hydrogens is 266 g/mol. The maximum absolute atomic E-state index is 6.28. The van der Waals surface area contributed by atoms with Gasteiger partial charge in [0, 0.05) is 12.1 Å². The zero-order valence-electron chi connectivity index (χ0n) is 12.1. The average Bonchev–Trinajstić information content (AvgIpc) is 3.04. The van der Waals surface area contributed by atoms with E-state index in [4.69, 9.17) is 13.6 Å².